The van der Waals surface area contributed by atoms with Crippen molar-refractivity contribution in [3.8, 4) is 5.75 Å². The average Bonchev–Trinajstić information content (AvgIpc) is 2.93. The monoisotopic (exact) mass is 403 g/mol. The van der Waals surface area contributed by atoms with Crippen molar-refractivity contribution in [3.05, 3.63) is 72.3 Å². The van der Waals surface area contributed by atoms with Gasteiger partial charge in [0.2, 0.25) is 0 Å². The molecule has 1 heterocycles. The maximum atomic E-state index is 12.3. The fourth-order valence-electron chi connectivity index (χ4n) is 3.53. The molecular weight excluding hydrogens is 377 g/mol. The first-order valence-electron chi connectivity index (χ1n) is 10.1. The molecule has 0 atom stereocenters. The van der Waals surface area contributed by atoms with Crippen molar-refractivity contribution >= 4 is 29.4 Å². The first-order chi connectivity index (χ1) is 14.3. The van der Waals surface area contributed by atoms with E-state index in [4.69, 9.17) is 14.0 Å². The lowest BCUT2D eigenvalue weighted by Crippen LogP contribution is -2.41. The molecule has 1 fully saturated rings. The summed E-state index contributed by atoms with van der Waals surface area (Å²) in [6.07, 6.45) is -0.505. The maximum absolute atomic E-state index is 12.3. The fourth-order valence-corrected chi connectivity index (χ4v) is 3.53. The van der Waals surface area contributed by atoms with E-state index in [1.165, 1.54) is 0 Å². The summed E-state index contributed by atoms with van der Waals surface area (Å²) in [7, 11) is -0.525. The highest BCUT2D eigenvalue weighted by molar-refractivity contribution is 6.65. The third-order valence-electron chi connectivity index (χ3n) is 5.93. The lowest BCUT2D eigenvalue weighted by molar-refractivity contribution is 0.00578. The van der Waals surface area contributed by atoms with E-state index in [1.807, 2.05) is 70.2 Å². The number of benzene rings is 3. The Labute approximate surface area is 177 Å². The Morgan fingerprint density at radius 1 is 0.900 bits per heavy atom. The van der Waals surface area contributed by atoms with Gasteiger partial charge in [-0.3, -0.25) is 0 Å². The minimum atomic E-state index is -0.525. The number of hydrogen-bond donors (Lipinski definition) is 1. The van der Waals surface area contributed by atoms with Crippen LogP contribution >= 0.6 is 0 Å². The highest BCUT2D eigenvalue weighted by Crippen LogP contribution is 2.37. The second-order valence-electron chi connectivity index (χ2n) is 8.50. The third-order valence-corrected chi connectivity index (χ3v) is 5.93. The van der Waals surface area contributed by atoms with Crippen LogP contribution in [0.2, 0.25) is 0 Å². The highest BCUT2D eigenvalue weighted by atomic mass is 16.7. The Balaban J connectivity index is 1.62. The zero-order chi connectivity index (χ0) is 21.4. The van der Waals surface area contributed by atoms with E-state index in [0.29, 0.717) is 12.3 Å². The number of para-hydroxylation sites is 1. The second kappa shape index (κ2) is 7.78. The smallest absolute Gasteiger partial charge is 0.410 e. The number of hydrogen-bond acceptors (Lipinski definition) is 4. The van der Waals surface area contributed by atoms with Crippen LogP contribution < -0.4 is 15.5 Å². The molecule has 30 heavy (non-hydrogen) atoms. The number of nitrogens with one attached hydrogen (secondary N) is 1. The van der Waals surface area contributed by atoms with Crippen LogP contribution in [0.1, 0.15) is 33.3 Å². The van der Waals surface area contributed by atoms with Gasteiger partial charge < -0.3 is 19.4 Å². The zero-order valence-electron chi connectivity index (χ0n) is 17.8. The predicted molar refractivity (Wildman–Crippen MR) is 119 cm³/mol. The van der Waals surface area contributed by atoms with Crippen LogP contribution in [-0.4, -0.2) is 24.4 Å². The van der Waals surface area contributed by atoms with Crippen LogP contribution in [0.3, 0.4) is 0 Å². The predicted octanol–water partition coefficient (Wildman–Crippen LogP) is 4.43. The summed E-state index contributed by atoms with van der Waals surface area (Å²) >= 11 is 0. The van der Waals surface area contributed by atoms with Gasteiger partial charge >= 0.3 is 13.2 Å². The molecule has 0 spiro atoms. The molecule has 3 aromatic rings. The van der Waals surface area contributed by atoms with E-state index < -0.39 is 24.4 Å². The van der Waals surface area contributed by atoms with Gasteiger partial charge in [0.05, 0.1) is 11.2 Å². The molecule has 1 amide bonds. The molecular formula is C24H26BNO4. The standard InChI is InChI=1S/C24H26BNO4/c1-23(2)24(3,4)30-25(29-23)21-18(15-14-17-10-8-9-13-20(17)21)16-26-22(27)28-19-11-6-5-7-12-19/h5-15H,16H2,1-4H3,(H,26,27). The van der Waals surface area contributed by atoms with Gasteiger partial charge in [0, 0.05) is 6.54 Å². The first-order valence-corrected chi connectivity index (χ1v) is 10.1. The molecule has 0 radical (unpaired) electrons. The normalized spacial score (nSPS) is 17.1. The topological polar surface area (TPSA) is 56.8 Å². The number of amides is 1. The summed E-state index contributed by atoms with van der Waals surface area (Å²) in [6.45, 7) is 8.44. The van der Waals surface area contributed by atoms with Crippen molar-refractivity contribution in [2.45, 2.75) is 45.4 Å². The van der Waals surface area contributed by atoms with Crippen LogP contribution in [0.15, 0.2) is 66.7 Å². The van der Waals surface area contributed by atoms with Crippen LogP contribution in [0.25, 0.3) is 10.8 Å². The van der Waals surface area contributed by atoms with Crippen LogP contribution in [0.5, 0.6) is 5.75 Å². The van der Waals surface area contributed by atoms with Gasteiger partial charge in [0.25, 0.3) is 0 Å². The lowest BCUT2D eigenvalue weighted by atomic mass is 9.73. The zero-order valence-corrected chi connectivity index (χ0v) is 17.8. The van der Waals surface area contributed by atoms with Gasteiger partial charge in [-0.2, -0.15) is 0 Å². The van der Waals surface area contributed by atoms with Crippen molar-refractivity contribution in [2.24, 2.45) is 0 Å². The molecule has 5 nitrogen and oxygen atoms in total. The molecule has 6 heteroatoms. The van der Waals surface area contributed by atoms with Gasteiger partial charge in [-0.1, -0.05) is 54.6 Å². The second-order valence-corrected chi connectivity index (χ2v) is 8.50. The summed E-state index contributed by atoms with van der Waals surface area (Å²) in [5.41, 5.74) is 0.959. The molecule has 1 aliphatic heterocycles. The van der Waals surface area contributed by atoms with E-state index in [-0.39, 0.29) is 0 Å². The van der Waals surface area contributed by atoms with Crippen LogP contribution in [0.4, 0.5) is 4.79 Å². The van der Waals surface area contributed by atoms with E-state index in [1.54, 1.807) is 12.1 Å². The Morgan fingerprint density at radius 3 is 2.23 bits per heavy atom. The summed E-state index contributed by atoms with van der Waals surface area (Å²) in [6, 6.07) is 21.2. The Hall–Kier alpha value is -2.83. The Morgan fingerprint density at radius 2 is 1.53 bits per heavy atom. The van der Waals surface area contributed by atoms with E-state index in [2.05, 4.69) is 17.4 Å². The summed E-state index contributed by atoms with van der Waals surface area (Å²) < 4.78 is 18.0. The molecule has 1 N–H and O–H groups in total. The average molecular weight is 403 g/mol. The van der Waals surface area contributed by atoms with Crippen LogP contribution in [-0.2, 0) is 15.9 Å². The van der Waals surface area contributed by atoms with Crippen LogP contribution in [0, 0.1) is 0 Å². The maximum Gasteiger partial charge on any atom is 0.495 e. The Kier molecular flexibility index (Phi) is 5.30. The third kappa shape index (κ3) is 3.93. The molecule has 3 aromatic carbocycles. The largest absolute Gasteiger partial charge is 0.495 e. The number of ether oxygens (including phenoxy) is 1. The van der Waals surface area contributed by atoms with E-state index in [0.717, 1.165) is 21.8 Å². The van der Waals surface area contributed by atoms with Gasteiger partial charge in [0.1, 0.15) is 5.75 Å². The lowest BCUT2D eigenvalue weighted by Gasteiger charge is -2.32. The SMILES string of the molecule is CC1(C)OB(c2c(CNC(=O)Oc3ccccc3)ccc3ccccc23)OC1(C)C. The molecule has 0 aliphatic carbocycles. The molecule has 0 bridgehead atoms. The quantitative estimate of drug-likeness (QED) is 0.655. The van der Waals surface area contributed by atoms with Gasteiger partial charge in [0.15, 0.2) is 0 Å². The number of carbonyl (C=O) groups excluding carboxylic acids is 1. The molecule has 0 unspecified atom stereocenters. The highest BCUT2D eigenvalue weighted by Gasteiger charge is 2.52. The Bertz CT molecular complexity index is 1050. The van der Waals surface area contributed by atoms with Crippen molar-refractivity contribution in [2.75, 3.05) is 0 Å². The molecule has 0 saturated carbocycles. The summed E-state index contributed by atoms with van der Waals surface area (Å²) in [5, 5.41) is 4.99. The number of carbonyl (C=O) groups is 1. The van der Waals surface area contributed by atoms with Crippen molar-refractivity contribution in [1.29, 1.82) is 0 Å². The fraction of sp³-hybridized carbons (Fsp3) is 0.292. The van der Waals surface area contributed by atoms with E-state index in [9.17, 15) is 4.79 Å². The van der Waals surface area contributed by atoms with Crippen molar-refractivity contribution in [3.63, 3.8) is 0 Å². The minimum Gasteiger partial charge on any atom is -0.410 e. The van der Waals surface area contributed by atoms with Gasteiger partial charge in [-0.15, -0.1) is 0 Å². The first kappa shape index (κ1) is 20.4. The van der Waals surface area contributed by atoms with E-state index >= 15 is 0 Å². The number of rotatable bonds is 4. The molecule has 4 rings (SSSR count). The molecule has 1 saturated heterocycles. The van der Waals surface area contributed by atoms with Gasteiger partial charge in [-0.05, 0) is 61.6 Å². The van der Waals surface area contributed by atoms with Gasteiger partial charge in [-0.25, -0.2) is 4.79 Å². The van der Waals surface area contributed by atoms with Crippen molar-refractivity contribution in [1.82, 2.24) is 5.32 Å². The molecule has 0 aromatic heterocycles. The molecule has 154 valence electrons. The van der Waals surface area contributed by atoms with Crippen molar-refractivity contribution < 1.29 is 18.8 Å². The number of fused-ring (bicyclic) bond motifs is 1. The summed E-state index contributed by atoms with van der Waals surface area (Å²) in [5.74, 6) is 0.500. The molecule has 1 aliphatic rings. The summed E-state index contributed by atoms with van der Waals surface area (Å²) in [4.78, 5) is 12.3. The minimum absolute atomic E-state index is 0.301.